The zero-order chi connectivity index (χ0) is 15.1. The van der Waals surface area contributed by atoms with Crippen LogP contribution < -0.4 is 10.6 Å². The lowest BCUT2D eigenvalue weighted by molar-refractivity contribution is 0.577. The van der Waals surface area contributed by atoms with Crippen molar-refractivity contribution in [2.24, 2.45) is 4.99 Å². The van der Waals surface area contributed by atoms with Crippen molar-refractivity contribution >= 4 is 29.9 Å². The number of nitrogens with one attached hydrogen (secondary N) is 3. The SMILES string of the molecule is CCC(C)NC(=NC)NCCc1nc(-c2ccco2)n[nH]1.I. The Balaban J connectivity index is 0.00000242. The first-order valence-electron chi connectivity index (χ1n) is 7.15. The molecule has 0 aliphatic heterocycles. The first-order chi connectivity index (χ1) is 10.2. The quantitative estimate of drug-likeness (QED) is 0.380. The summed E-state index contributed by atoms with van der Waals surface area (Å²) in [5.41, 5.74) is 0. The number of rotatable bonds is 6. The molecule has 2 aromatic heterocycles. The van der Waals surface area contributed by atoms with E-state index in [-0.39, 0.29) is 24.0 Å². The molecule has 0 aromatic carbocycles. The number of hydrogen-bond donors (Lipinski definition) is 3. The largest absolute Gasteiger partial charge is 0.461 e. The summed E-state index contributed by atoms with van der Waals surface area (Å²) in [4.78, 5) is 8.58. The Morgan fingerprint density at radius 2 is 2.32 bits per heavy atom. The summed E-state index contributed by atoms with van der Waals surface area (Å²) in [6, 6.07) is 4.05. The molecule has 0 amide bonds. The molecule has 0 spiro atoms. The van der Waals surface area contributed by atoms with Gasteiger partial charge in [-0.25, -0.2) is 4.98 Å². The monoisotopic (exact) mass is 418 g/mol. The van der Waals surface area contributed by atoms with Gasteiger partial charge in [-0.15, -0.1) is 24.0 Å². The van der Waals surface area contributed by atoms with E-state index in [1.54, 1.807) is 13.3 Å². The van der Waals surface area contributed by atoms with Gasteiger partial charge in [-0.2, -0.15) is 5.10 Å². The van der Waals surface area contributed by atoms with E-state index in [0.717, 1.165) is 31.2 Å². The summed E-state index contributed by atoms with van der Waals surface area (Å²) in [6.07, 6.45) is 3.39. The molecule has 0 saturated carbocycles. The van der Waals surface area contributed by atoms with Crippen molar-refractivity contribution in [1.82, 2.24) is 25.8 Å². The van der Waals surface area contributed by atoms with Crippen molar-refractivity contribution in [1.29, 1.82) is 0 Å². The highest BCUT2D eigenvalue weighted by molar-refractivity contribution is 14.0. The van der Waals surface area contributed by atoms with Crippen LogP contribution in [0.25, 0.3) is 11.6 Å². The molecule has 2 aromatic rings. The highest BCUT2D eigenvalue weighted by Crippen LogP contribution is 2.14. The maximum atomic E-state index is 5.26. The lowest BCUT2D eigenvalue weighted by Crippen LogP contribution is -2.42. The fourth-order valence-corrected chi connectivity index (χ4v) is 1.75. The van der Waals surface area contributed by atoms with Gasteiger partial charge in [-0.1, -0.05) is 6.92 Å². The number of H-pyrrole nitrogens is 1. The minimum absolute atomic E-state index is 0. The predicted molar refractivity (Wildman–Crippen MR) is 97.5 cm³/mol. The predicted octanol–water partition coefficient (Wildman–Crippen LogP) is 2.19. The zero-order valence-corrected chi connectivity index (χ0v) is 15.4. The van der Waals surface area contributed by atoms with Crippen molar-refractivity contribution in [2.45, 2.75) is 32.7 Å². The van der Waals surface area contributed by atoms with Crippen LogP contribution >= 0.6 is 24.0 Å². The fraction of sp³-hybridized carbons (Fsp3) is 0.500. The summed E-state index contributed by atoms with van der Waals surface area (Å²) >= 11 is 0. The second kappa shape index (κ2) is 9.44. The Hall–Kier alpha value is -1.58. The molecule has 8 heteroatoms. The van der Waals surface area contributed by atoms with Gasteiger partial charge in [0.1, 0.15) is 5.82 Å². The Morgan fingerprint density at radius 3 is 2.95 bits per heavy atom. The van der Waals surface area contributed by atoms with E-state index in [1.165, 1.54) is 0 Å². The number of hydrogen-bond acceptors (Lipinski definition) is 4. The van der Waals surface area contributed by atoms with Crippen LogP contribution in [0.1, 0.15) is 26.1 Å². The number of guanidine groups is 1. The molecule has 7 nitrogen and oxygen atoms in total. The van der Waals surface area contributed by atoms with E-state index in [0.29, 0.717) is 17.6 Å². The molecule has 2 heterocycles. The summed E-state index contributed by atoms with van der Waals surface area (Å²) in [5.74, 6) is 2.86. The van der Waals surface area contributed by atoms with Crippen LogP contribution in [0.15, 0.2) is 27.8 Å². The highest BCUT2D eigenvalue weighted by Gasteiger charge is 2.08. The molecule has 122 valence electrons. The van der Waals surface area contributed by atoms with Gasteiger partial charge in [-0.3, -0.25) is 10.1 Å². The van der Waals surface area contributed by atoms with E-state index in [1.807, 2.05) is 12.1 Å². The minimum Gasteiger partial charge on any atom is -0.461 e. The van der Waals surface area contributed by atoms with Gasteiger partial charge in [0.2, 0.25) is 5.82 Å². The number of furan rings is 1. The Kier molecular flexibility index (Phi) is 7.92. The van der Waals surface area contributed by atoms with Gasteiger partial charge in [0.25, 0.3) is 0 Å². The van der Waals surface area contributed by atoms with E-state index >= 15 is 0 Å². The van der Waals surface area contributed by atoms with Crippen molar-refractivity contribution in [3.05, 3.63) is 24.2 Å². The molecule has 0 saturated heterocycles. The van der Waals surface area contributed by atoms with Crippen LogP contribution in [0.4, 0.5) is 0 Å². The van der Waals surface area contributed by atoms with Gasteiger partial charge in [0, 0.05) is 26.1 Å². The second-order valence-electron chi connectivity index (χ2n) is 4.79. The van der Waals surface area contributed by atoms with Crippen molar-refractivity contribution in [2.75, 3.05) is 13.6 Å². The summed E-state index contributed by atoms with van der Waals surface area (Å²) in [5, 5.41) is 13.6. The van der Waals surface area contributed by atoms with Crippen LogP contribution in [0.5, 0.6) is 0 Å². The molecule has 0 fully saturated rings. The third-order valence-electron chi connectivity index (χ3n) is 3.15. The molecule has 3 N–H and O–H groups in total. The van der Waals surface area contributed by atoms with Crippen molar-refractivity contribution in [3.63, 3.8) is 0 Å². The first-order valence-corrected chi connectivity index (χ1v) is 7.15. The molecule has 0 aliphatic carbocycles. The standard InChI is InChI=1S/C14H22N6O.HI/c1-4-10(2)17-14(15-3)16-8-7-12-18-13(20-19-12)11-6-5-9-21-11;/h5-6,9-10H,4,7-8H2,1-3H3,(H2,15,16,17)(H,18,19,20);1H. The van der Waals surface area contributed by atoms with Gasteiger partial charge in [-0.05, 0) is 25.5 Å². The maximum Gasteiger partial charge on any atom is 0.216 e. The van der Waals surface area contributed by atoms with Gasteiger partial charge >= 0.3 is 0 Å². The molecule has 1 unspecified atom stereocenters. The Bertz CT molecular complexity index is 566. The number of nitrogens with zero attached hydrogens (tertiary/aromatic N) is 3. The van der Waals surface area contributed by atoms with Crippen LogP contribution in [-0.4, -0.2) is 40.8 Å². The average Bonchev–Trinajstić information content (AvgIpc) is 3.16. The molecule has 0 radical (unpaired) electrons. The molecular formula is C14H23IN6O. The third kappa shape index (κ3) is 5.32. The van der Waals surface area contributed by atoms with Gasteiger partial charge < -0.3 is 15.1 Å². The van der Waals surface area contributed by atoms with E-state index in [2.05, 4.69) is 44.7 Å². The molecule has 0 aliphatic rings. The lowest BCUT2D eigenvalue weighted by Gasteiger charge is -2.15. The van der Waals surface area contributed by atoms with E-state index in [4.69, 9.17) is 4.42 Å². The fourth-order valence-electron chi connectivity index (χ4n) is 1.75. The molecule has 22 heavy (non-hydrogen) atoms. The number of halogens is 1. The number of aromatic amines is 1. The van der Waals surface area contributed by atoms with Crippen LogP contribution in [0, 0.1) is 0 Å². The summed E-state index contributed by atoms with van der Waals surface area (Å²) in [6.45, 7) is 4.98. The summed E-state index contributed by atoms with van der Waals surface area (Å²) < 4.78 is 5.26. The minimum atomic E-state index is 0. The Morgan fingerprint density at radius 1 is 1.50 bits per heavy atom. The van der Waals surface area contributed by atoms with Crippen LogP contribution in [0.2, 0.25) is 0 Å². The normalized spacial score (nSPS) is 12.6. The molecule has 2 rings (SSSR count). The smallest absolute Gasteiger partial charge is 0.216 e. The number of aliphatic imine (C=N–C) groups is 1. The van der Waals surface area contributed by atoms with Gasteiger partial charge in [0.05, 0.1) is 6.26 Å². The average molecular weight is 418 g/mol. The van der Waals surface area contributed by atoms with E-state index in [9.17, 15) is 0 Å². The molecule has 0 bridgehead atoms. The van der Waals surface area contributed by atoms with E-state index < -0.39 is 0 Å². The number of aromatic nitrogens is 3. The molecular weight excluding hydrogens is 395 g/mol. The lowest BCUT2D eigenvalue weighted by atomic mass is 10.3. The Labute approximate surface area is 147 Å². The zero-order valence-electron chi connectivity index (χ0n) is 13.1. The maximum absolute atomic E-state index is 5.26. The summed E-state index contributed by atoms with van der Waals surface area (Å²) in [7, 11) is 1.77. The second-order valence-corrected chi connectivity index (χ2v) is 4.79. The first kappa shape index (κ1) is 18.5. The van der Waals surface area contributed by atoms with Crippen LogP contribution in [-0.2, 0) is 6.42 Å². The van der Waals surface area contributed by atoms with Crippen LogP contribution in [0.3, 0.4) is 0 Å². The van der Waals surface area contributed by atoms with Crippen molar-refractivity contribution in [3.8, 4) is 11.6 Å². The third-order valence-corrected chi connectivity index (χ3v) is 3.15. The highest BCUT2D eigenvalue weighted by atomic mass is 127. The molecule has 1 atom stereocenters. The topological polar surface area (TPSA) is 91.1 Å². The van der Waals surface area contributed by atoms with Crippen molar-refractivity contribution < 1.29 is 4.42 Å². The van der Waals surface area contributed by atoms with Gasteiger partial charge in [0.15, 0.2) is 11.7 Å².